The molecule has 0 bridgehead atoms. The number of hydrogen-bond donors (Lipinski definition) is 4. The van der Waals surface area contributed by atoms with Crippen LogP contribution in [0.15, 0.2) is 23.2 Å². The number of guanidine groups is 1. The molecule has 6 N–H and O–H groups in total. The Bertz CT molecular complexity index is 1120. The van der Waals surface area contributed by atoms with Crippen LogP contribution < -0.4 is 26.8 Å². The largest absolute Gasteiger partial charge is 0.488 e. The second kappa shape index (κ2) is 6.57. The molecule has 2 aliphatic rings. The number of rotatable bonds is 1. The van der Waals surface area contributed by atoms with Crippen molar-refractivity contribution in [2.45, 2.75) is 38.3 Å². The third-order valence-corrected chi connectivity index (χ3v) is 5.14. The van der Waals surface area contributed by atoms with E-state index in [2.05, 4.69) is 34.5 Å². The van der Waals surface area contributed by atoms with E-state index in [-0.39, 0.29) is 28.6 Å². The number of nitrogens with one attached hydrogen (secondary N) is 2. The van der Waals surface area contributed by atoms with Gasteiger partial charge in [0.15, 0.2) is 6.19 Å². The van der Waals surface area contributed by atoms with Crippen molar-refractivity contribution in [1.82, 2.24) is 10.3 Å². The Morgan fingerprint density at radius 2 is 2.10 bits per heavy atom. The fraction of sp³-hybridized carbons (Fsp3) is 0.300. The average molecular weight is 388 g/mol. The highest BCUT2D eigenvalue weighted by atomic mass is 16.5. The number of nitrogen functional groups attached to an aromatic ring is 2. The zero-order chi connectivity index (χ0) is 20.8. The van der Waals surface area contributed by atoms with Gasteiger partial charge in [-0.1, -0.05) is 6.07 Å². The standard InChI is InChI=1S/C20H20N8O/c1-20(2)6-5-10-7-11(3-4-13(10)29-20)16-14-15(23)12(8-21)17(24)27-18(14)28-19(26-16)25-9-22/h3-4,7,16H,5-6H2,1-2H3,(H6,23,24,25,26,27,28). The molecule has 2 aliphatic heterocycles. The number of ether oxygens (including phenoxy) is 1. The number of nitrogens with two attached hydrogens (primary N) is 2. The summed E-state index contributed by atoms with van der Waals surface area (Å²) in [5.74, 6) is 1.47. The highest BCUT2D eigenvalue weighted by Crippen LogP contribution is 2.42. The van der Waals surface area contributed by atoms with E-state index in [4.69, 9.17) is 21.5 Å². The van der Waals surface area contributed by atoms with Crippen LogP contribution in [0.2, 0.25) is 0 Å². The number of anilines is 3. The van der Waals surface area contributed by atoms with Crippen LogP contribution >= 0.6 is 0 Å². The first kappa shape index (κ1) is 18.4. The van der Waals surface area contributed by atoms with Crippen LogP contribution in [0, 0.1) is 22.8 Å². The van der Waals surface area contributed by atoms with Crippen LogP contribution in [-0.2, 0) is 6.42 Å². The summed E-state index contributed by atoms with van der Waals surface area (Å²) >= 11 is 0. The van der Waals surface area contributed by atoms with Gasteiger partial charge in [0.2, 0.25) is 5.96 Å². The van der Waals surface area contributed by atoms with Crippen LogP contribution in [0.5, 0.6) is 5.75 Å². The van der Waals surface area contributed by atoms with Crippen molar-refractivity contribution in [3.8, 4) is 18.0 Å². The molecule has 146 valence electrons. The third-order valence-electron chi connectivity index (χ3n) is 5.14. The lowest BCUT2D eigenvalue weighted by molar-refractivity contribution is 0.0846. The molecule has 0 saturated heterocycles. The number of nitriles is 2. The molecule has 29 heavy (non-hydrogen) atoms. The van der Waals surface area contributed by atoms with Crippen molar-refractivity contribution in [3.63, 3.8) is 0 Å². The Labute approximate surface area is 168 Å². The van der Waals surface area contributed by atoms with Crippen LogP contribution in [0.4, 0.5) is 17.3 Å². The van der Waals surface area contributed by atoms with Crippen molar-refractivity contribution >= 4 is 23.3 Å². The number of hydrogen-bond acceptors (Lipinski definition) is 9. The number of pyridine rings is 1. The Morgan fingerprint density at radius 3 is 2.83 bits per heavy atom. The molecule has 9 nitrogen and oxygen atoms in total. The Balaban J connectivity index is 1.86. The molecule has 4 rings (SSSR count). The molecule has 1 aromatic heterocycles. The van der Waals surface area contributed by atoms with Crippen molar-refractivity contribution in [2.75, 3.05) is 16.8 Å². The molecule has 1 atom stereocenters. The first-order chi connectivity index (χ1) is 13.8. The molecule has 9 heteroatoms. The highest BCUT2D eigenvalue weighted by molar-refractivity contribution is 5.98. The normalized spacial score (nSPS) is 18.6. The van der Waals surface area contributed by atoms with E-state index in [0.717, 1.165) is 29.7 Å². The number of aliphatic imine (C=N–C) groups is 1. The van der Waals surface area contributed by atoms with Crippen molar-refractivity contribution in [1.29, 1.82) is 10.5 Å². The molecule has 0 aliphatic carbocycles. The van der Waals surface area contributed by atoms with Gasteiger partial charge < -0.3 is 21.5 Å². The second-order valence-corrected chi connectivity index (χ2v) is 7.63. The van der Waals surface area contributed by atoms with Gasteiger partial charge >= 0.3 is 0 Å². The number of nitrogens with zero attached hydrogens (tertiary/aromatic N) is 4. The molecule has 0 saturated carbocycles. The fourth-order valence-electron chi connectivity index (χ4n) is 3.67. The number of aromatic nitrogens is 1. The molecule has 3 heterocycles. The van der Waals surface area contributed by atoms with E-state index in [1.807, 2.05) is 30.5 Å². The SMILES string of the molecule is CC1(C)CCc2cc(C3N=C(NC#N)Nc4nc(N)c(C#N)c(N)c43)ccc2O1. The predicted octanol–water partition coefficient (Wildman–Crippen LogP) is 2.16. The Hall–Kier alpha value is -3.98. The van der Waals surface area contributed by atoms with E-state index in [0.29, 0.717) is 11.4 Å². The molecule has 0 fully saturated rings. The molecule has 0 amide bonds. The van der Waals surface area contributed by atoms with Crippen molar-refractivity contribution in [3.05, 3.63) is 40.5 Å². The molecule has 1 aromatic carbocycles. The number of benzene rings is 1. The third kappa shape index (κ3) is 3.13. The summed E-state index contributed by atoms with van der Waals surface area (Å²) in [6.45, 7) is 4.13. The first-order valence-corrected chi connectivity index (χ1v) is 9.13. The quantitative estimate of drug-likeness (QED) is 0.427. The summed E-state index contributed by atoms with van der Waals surface area (Å²) in [4.78, 5) is 8.86. The second-order valence-electron chi connectivity index (χ2n) is 7.63. The molecule has 1 unspecified atom stereocenters. The minimum absolute atomic E-state index is 0.0225. The van der Waals surface area contributed by atoms with E-state index >= 15 is 0 Å². The van der Waals surface area contributed by atoms with Gasteiger partial charge in [-0.3, -0.25) is 5.32 Å². The first-order valence-electron chi connectivity index (χ1n) is 9.13. The van der Waals surface area contributed by atoms with E-state index in [9.17, 15) is 5.26 Å². The Morgan fingerprint density at radius 1 is 1.31 bits per heavy atom. The topological polar surface area (TPSA) is 158 Å². The van der Waals surface area contributed by atoms with Crippen molar-refractivity contribution in [2.24, 2.45) is 4.99 Å². The lowest BCUT2D eigenvalue weighted by Crippen LogP contribution is -2.33. The van der Waals surface area contributed by atoms with E-state index in [1.165, 1.54) is 0 Å². The van der Waals surface area contributed by atoms with Gasteiger partial charge in [-0.05, 0) is 49.9 Å². The van der Waals surface area contributed by atoms with Gasteiger partial charge in [0.05, 0.1) is 5.69 Å². The number of aryl methyl sites for hydroxylation is 1. The van der Waals surface area contributed by atoms with Crippen molar-refractivity contribution < 1.29 is 4.74 Å². The van der Waals surface area contributed by atoms with Crippen LogP contribution in [0.1, 0.15) is 48.6 Å². The lowest BCUT2D eigenvalue weighted by atomic mass is 9.90. The van der Waals surface area contributed by atoms with Crippen LogP contribution in [0.3, 0.4) is 0 Å². The maximum atomic E-state index is 9.42. The van der Waals surface area contributed by atoms with Crippen LogP contribution in [-0.4, -0.2) is 16.5 Å². The highest BCUT2D eigenvalue weighted by Gasteiger charge is 2.31. The van der Waals surface area contributed by atoms with E-state index in [1.54, 1.807) is 0 Å². The fourth-order valence-corrected chi connectivity index (χ4v) is 3.67. The van der Waals surface area contributed by atoms with Crippen LogP contribution in [0.25, 0.3) is 0 Å². The summed E-state index contributed by atoms with van der Waals surface area (Å²) in [6.07, 6.45) is 3.62. The maximum Gasteiger partial charge on any atom is 0.211 e. The molecule has 0 spiro atoms. The van der Waals surface area contributed by atoms with Gasteiger partial charge in [-0.2, -0.15) is 10.5 Å². The zero-order valence-electron chi connectivity index (χ0n) is 16.1. The molecule has 0 radical (unpaired) electrons. The summed E-state index contributed by atoms with van der Waals surface area (Å²) in [5.41, 5.74) is 14.8. The monoisotopic (exact) mass is 388 g/mol. The minimum Gasteiger partial charge on any atom is -0.488 e. The van der Waals surface area contributed by atoms with Gasteiger partial charge in [0.25, 0.3) is 0 Å². The summed E-state index contributed by atoms with van der Waals surface area (Å²) in [7, 11) is 0. The van der Waals surface area contributed by atoms with Gasteiger partial charge in [0.1, 0.15) is 40.7 Å². The molecular weight excluding hydrogens is 368 g/mol. The summed E-state index contributed by atoms with van der Waals surface area (Å²) in [6, 6.07) is 7.31. The predicted molar refractivity (Wildman–Crippen MR) is 109 cm³/mol. The maximum absolute atomic E-state index is 9.42. The average Bonchev–Trinajstić information content (AvgIpc) is 2.66. The number of fused-ring (bicyclic) bond motifs is 2. The minimum atomic E-state index is -0.553. The smallest absolute Gasteiger partial charge is 0.211 e. The summed E-state index contributed by atoms with van der Waals surface area (Å²) < 4.78 is 6.07. The zero-order valence-corrected chi connectivity index (χ0v) is 16.1. The van der Waals surface area contributed by atoms with Gasteiger partial charge in [0, 0.05) is 5.56 Å². The molecular formula is C20H20N8O. The molecule has 2 aromatic rings. The van der Waals surface area contributed by atoms with Gasteiger partial charge in [-0.15, -0.1) is 0 Å². The van der Waals surface area contributed by atoms with Gasteiger partial charge in [-0.25, -0.2) is 9.98 Å². The Kier molecular flexibility index (Phi) is 4.16. The summed E-state index contributed by atoms with van der Waals surface area (Å²) in [5, 5.41) is 23.8. The lowest BCUT2D eigenvalue weighted by Gasteiger charge is -2.33. The van der Waals surface area contributed by atoms with E-state index < -0.39 is 6.04 Å².